The number of hydrogen-bond donors (Lipinski definition) is 2. The smallest absolute Gasteiger partial charge is 0.407 e. The minimum Gasteiger partial charge on any atom is -0.490 e. The van der Waals surface area contributed by atoms with Crippen LogP contribution in [0.3, 0.4) is 0 Å². The van der Waals surface area contributed by atoms with E-state index >= 15 is 0 Å². The molecule has 2 aliphatic rings. The molecule has 1 aliphatic heterocycles. The van der Waals surface area contributed by atoms with E-state index in [0.29, 0.717) is 26.1 Å². The van der Waals surface area contributed by atoms with Crippen molar-refractivity contribution in [1.29, 1.82) is 0 Å². The summed E-state index contributed by atoms with van der Waals surface area (Å²) in [5.74, 6) is 0.890. The van der Waals surface area contributed by atoms with E-state index in [1.807, 2.05) is 44.3 Å². The maximum Gasteiger partial charge on any atom is 0.407 e. The molecule has 2 atom stereocenters. The third-order valence-electron chi connectivity index (χ3n) is 8.30. The zero-order valence-corrected chi connectivity index (χ0v) is 24.1. The van der Waals surface area contributed by atoms with Crippen LogP contribution in [0.2, 0.25) is 0 Å². The van der Waals surface area contributed by atoms with Crippen molar-refractivity contribution in [3.63, 3.8) is 0 Å². The molecule has 2 aromatic rings. The highest BCUT2D eigenvalue weighted by atomic mass is 16.6. The Morgan fingerprint density at radius 2 is 1.85 bits per heavy atom. The Balaban J connectivity index is 1.28. The third-order valence-corrected chi connectivity index (χ3v) is 8.30. The molecule has 1 saturated heterocycles. The molecule has 9 heteroatoms. The summed E-state index contributed by atoms with van der Waals surface area (Å²) < 4.78 is 11.2. The first-order valence-corrected chi connectivity index (χ1v) is 14.2. The van der Waals surface area contributed by atoms with Crippen molar-refractivity contribution in [3.8, 4) is 5.75 Å². The number of rotatable bonds is 9. The van der Waals surface area contributed by atoms with Gasteiger partial charge in [0.05, 0.1) is 6.10 Å². The number of aryl methyl sites for hydroxylation is 1. The van der Waals surface area contributed by atoms with Crippen LogP contribution in [0.1, 0.15) is 49.3 Å². The Hall–Kier alpha value is -3.14. The van der Waals surface area contributed by atoms with E-state index in [0.717, 1.165) is 54.8 Å². The van der Waals surface area contributed by atoms with Gasteiger partial charge < -0.3 is 29.5 Å². The van der Waals surface area contributed by atoms with Crippen molar-refractivity contribution in [1.82, 2.24) is 9.80 Å². The van der Waals surface area contributed by atoms with Gasteiger partial charge in [-0.2, -0.15) is 0 Å². The summed E-state index contributed by atoms with van der Waals surface area (Å²) >= 11 is 0. The molecule has 0 aromatic heterocycles. The number of piperazine rings is 1. The van der Waals surface area contributed by atoms with Crippen molar-refractivity contribution in [2.75, 3.05) is 38.7 Å². The van der Waals surface area contributed by atoms with Crippen LogP contribution < -0.4 is 9.64 Å². The maximum absolute atomic E-state index is 13.4. The zero-order chi connectivity index (χ0) is 28.8. The summed E-state index contributed by atoms with van der Waals surface area (Å²) in [6.45, 7) is 6.72. The average Bonchev–Trinajstić information content (AvgIpc) is 2.93. The lowest BCUT2D eigenvalue weighted by molar-refractivity contribution is -0.123. The van der Waals surface area contributed by atoms with Crippen molar-refractivity contribution in [2.24, 2.45) is 5.92 Å². The van der Waals surface area contributed by atoms with E-state index in [4.69, 9.17) is 9.47 Å². The Kier molecular flexibility index (Phi) is 10.1. The summed E-state index contributed by atoms with van der Waals surface area (Å²) in [5.41, 5.74) is 4.17. The molecule has 1 heterocycles. The largest absolute Gasteiger partial charge is 0.490 e. The fraction of sp³-hybridized carbons (Fsp3) is 0.548. The molecule has 1 aliphatic carbocycles. The van der Waals surface area contributed by atoms with Gasteiger partial charge in [-0.15, -0.1) is 0 Å². The SMILES string of the molecule is COC(O)Cc1cccc(OC2CCC(C(=O)N(C)c3ccc(CN4CCN(C(=O)O)[C@@H](C)C4)c(C)c3)CC2)c1. The van der Waals surface area contributed by atoms with Gasteiger partial charge in [-0.3, -0.25) is 9.69 Å². The lowest BCUT2D eigenvalue weighted by Crippen LogP contribution is -2.53. The van der Waals surface area contributed by atoms with Crippen LogP contribution in [0, 0.1) is 12.8 Å². The van der Waals surface area contributed by atoms with Gasteiger partial charge in [0.1, 0.15) is 5.75 Å². The Morgan fingerprint density at radius 1 is 1.10 bits per heavy atom. The number of aliphatic hydroxyl groups is 1. The van der Waals surface area contributed by atoms with Gasteiger partial charge >= 0.3 is 6.09 Å². The molecule has 218 valence electrons. The lowest BCUT2D eigenvalue weighted by atomic mass is 9.86. The van der Waals surface area contributed by atoms with Crippen LogP contribution in [-0.4, -0.2) is 84.2 Å². The summed E-state index contributed by atoms with van der Waals surface area (Å²) in [6, 6.07) is 13.9. The molecule has 40 heavy (non-hydrogen) atoms. The third kappa shape index (κ3) is 7.53. The Morgan fingerprint density at radius 3 is 2.50 bits per heavy atom. The fourth-order valence-corrected chi connectivity index (χ4v) is 5.82. The van der Waals surface area contributed by atoms with Gasteiger partial charge in [-0.25, -0.2) is 4.79 Å². The highest BCUT2D eigenvalue weighted by Gasteiger charge is 2.30. The zero-order valence-electron chi connectivity index (χ0n) is 24.1. The van der Waals surface area contributed by atoms with Crippen molar-refractivity contribution >= 4 is 17.7 Å². The molecule has 2 fully saturated rings. The van der Waals surface area contributed by atoms with Gasteiger partial charge in [-0.05, 0) is 80.5 Å². The van der Waals surface area contributed by atoms with Gasteiger partial charge in [0, 0.05) is 64.4 Å². The van der Waals surface area contributed by atoms with E-state index in [1.165, 1.54) is 17.6 Å². The van der Waals surface area contributed by atoms with Crippen molar-refractivity contribution in [3.05, 3.63) is 59.2 Å². The van der Waals surface area contributed by atoms with Crippen LogP contribution in [0.4, 0.5) is 10.5 Å². The number of carbonyl (C=O) groups excluding carboxylic acids is 1. The van der Waals surface area contributed by atoms with Gasteiger partial charge in [-0.1, -0.05) is 18.2 Å². The van der Waals surface area contributed by atoms with Crippen LogP contribution >= 0.6 is 0 Å². The molecule has 2 aromatic carbocycles. The first-order valence-electron chi connectivity index (χ1n) is 14.2. The number of methoxy groups -OCH3 is 1. The highest BCUT2D eigenvalue weighted by molar-refractivity contribution is 5.94. The van der Waals surface area contributed by atoms with E-state index in [2.05, 4.69) is 24.0 Å². The first kappa shape index (κ1) is 29.8. The topological polar surface area (TPSA) is 103 Å². The van der Waals surface area contributed by atoms with Gasteiger partial charge in [0.2, 0.25) is 5.91 Å². The van der Waals surface area contributed by atoms with E-state index < -0.39 is 12.4 Å². The molecule has 1 unspecified atom stereocenters. The minimum atomic E-state index is -0.855. The monoisotopic (exact) mass is 553 g/mol. The van der Waals surface area contributed by atoms with Crippen LogP contribution in [-0.2, 0) is 22.5 Å². The number of nitrogens with zero attached hydrogens (tertiary/aromatic N) is 3. The minimum absolute atomic E-state index is 0.0277. The maximum atomic E-state index is 13.4. The second-order valence-corrected chi connectivity index (χ2v) is 11.2. The second kappa shape index (κ2) is 13.5. The Labute approximate surface area is 237 Å². The predicted octanol–water partition coefficient (Wildman–Crippen LogP) is 4.29. The molecule has 0 spiro atoms. The van der Waals surface area contributed by atoms with Crippen LogP contribution in [0.25, 0.3) is 0 Å². The summed E-state index contributed by atoms with van der Waals surface area (Å²) in [5, 5.41) is 19.1. The molecule has 0 bridgehead atoms. The summed E-state index contributed by atoms with van der Waals surface area (Å²) in [7, 11) is 3.33. The summed E-state index contributed by atoms with van der Waals surface area (Å²) in [6.07, 6.45) is 2.00. The van der Waals surface area contributed by atoms with E-state index in [1.54, 1.807) is 4.90 Å². The van der Waals surface area contributed by atoms with Crippen molar-refractivity contribution in [2.45, 2.75) is 70.9 Å². The Bertz CT molecular complexity index is 1170. The molecule has 4 rings (SSSR count). The van der Waals surface area contributed by atoms with Gasteiger partial charge in [0.15, 0.2) is 6.29 Å². The normalized spacial score (nSPS) is 22.5. The molecule has 2 N–H and O–H groups in total. The number of carboxylic acid groups (broad SMARTS) is 1. The number of ether oxygens (including phenoxy) is 2. The number of benzene rings is 2. The number of aliphatic hydroxyl groups excluding tert-OH is 1. The van der Waals surface area contributed by atoms with Gasteiger partial charge in [0.25, 0.3) is 0 Å². The molecule has 2 amide bonds. The molecule has 0 radical (unpaired) electrons. The fourth-order valence-electron chi connectivity index (χ4n) is 5.82. The summed E-state index contributed by atoms with van der Waals surface area (Å²) in [4.78, 5) is 30.3. The number of anilines is 1. The van der Waals surface area contributed by atoms with Crippen molar-refractivity contribution < 1.29 is 29.3 Å². The highest BCUT2D eigenvalue weighted by Crippen LogP contribution is 2.31. The first-order chi connectivity index (χ1) is 19.1. The van der Waals surface area contributed by atoms with E-state index in [9.17, 15) is 19.8 Å². The lowest BCUT2D eigenvalue weighted by Gasteiger charge is -2.38. The second-order valence-electron chi connectivity index (χ2n) is 11.2. The number of hydrogen-bond acceptors (Lipinski definition) is 6. The number of carbonyl (C=O) groups is 2. The quantitative estimate of drug-likeness (QED) is 0.447. The number of amides is 2. The average molecular weight is 554 g/mol. The molecular formula is C31H43N3O6. The van der Waals surface area contributed by atoms with Crippen LogP contribution in [0.15, 0.2) is 42.5 Å². The van der Waals surface area contributed by atoms with E-state index in [-0.39, 0.29) is 24.0 Å². The molecule has 9 nitrogen and oxygen atoms in total. The van der Waals surface area contributed by atoms with Crippen LogP contribution in [0.5, 0.6) is 5.75 Å². The predicted molar refractivity (Wildman–Crippen MR) is 154 cm³/mol. The standard InChI is InChI=1S/C31H43N3O6/c1-21-16-26(11-8-25(21)20-33-14-15-34(31(37)38)22(2)19-33)32(3)30(36)24-9-12-27(13-10-24)40-28-7-5-6-23(17-28)18-29(35)39-4/h5-8,11,16-17,22,24,27,29,35H,9-10,12-15,18-20H2,1-4H3,(H,37,38)/t22-,24?,27?,29?/m0/s1. The molecule has 1 saturated carbocycles. The molecular weight excluding hydrogens is 510 g/mol.